The van der Waals surface area contributed by atoms with Crippen LogP contribution < -0.4 is 10.1 Å². The molecule has 1 aromatic heterocycles. The Kier molecular flexibility index (Phi) is 4.06. The zero-order valence-corrected chi connectivity index (χ0v) is 14.0. The number of urea groups is 1. The first-order valence-electron chi connectivity index (χ1n) is 8.21. The molecule has 3 heterocycles. The Morgan fingerprint density at radius 1 is 1.38 bits per heavy atom. The second kappa shape index (κ2) is 6.36. The zero-order chi connectivity index (χ0) is 16.5. The molecule has 1 aromatic carbocycles. The van der Waals surface area contributed by atoms with Gasteiger partial charge in [-0.3, -0.25) is 5.10 Å². The zero-order valence-electron chi connectivity index (χ0n) is 13.2. The summed E-state index contributed by atoms with van der Waals surface area (Å²) < 4.78 is 5.64. The van der Waals surface area contributed by atoms with Crippen LogP contribution in [0.25, 0.3) is 0 Å². The number of ether oxygens (including phenoxy) is 1. The quantitative estimate of drug-likeness (QED) is 0.875. The highest BCUT2D eigenvalue weighted by Gasteiger charge is 2.26. The standard InChI is InChI=1S/C17H19ClN4O2/c18-13-9-12-4-8-24-16(12)15(10-13)20-17(23)22-6-2-11(3-7-22)14-1-5-19-21-14/h1,5,9-11H,2-4,6-8H2,(H,19,21)(H,20,23). The number of amides is 2. The second-order valence-corrected chi connectivity index (χ2v) is 6.68. The van der Waals surface area contributed by atoms with Crippen LogP contribution in [0.4, 0.5) is 10.5 Å². The van der Waals surface area contributed by atoms with Gasteiger partial charge in [0, 0.05) is 47.9 Å². The van der Waals surface area contributed by atoms with Crippen molar-refractivity contribution in [3.8, 4) is 5.75 Å². The minimum atomic E-state index is -0.0990. The van der Waals surface area contributed by atoms with Crippen molar-refractivity contribution in [2.45, 2.75) is 25.2 Å². The van der Waals surface area contributed by atoms with E-state index in [2.05, 4.69) is 15.5 Å². The molecule has 1 fully saturated rings. The Morgan fingerprint density at radius 3 is 2.96 bits per heavy atom. The van der Waals surface area contributed by atoms with Gasteiger partial charge in [-0.05, 0) is 31.0 Å². The predicted molar refractivity (Wildman–Crippen MR) is 91.8 cm³/mol. The van der Waals surface area contributed by atoms with Gasteiger partial charge < -0.3 is 15.0 Å². The smallest absolute Gasteiger partial charge is 0.321 e. The summed E-state index contributed by atoms with van der Waals surface area (Å²) in [4.78, 5) is 14.4. The number of benzene rings is 1. The number of nitrogens with zero attached hydrogens (tertiary/aromatic N) is 2. The molecule has 6 nitrogen and oxygen atoms in total. The molecule has 0 spiro atoms. The van der Waals surface area contributed by atoms with Gasteiger partial charge in [-0.2, -0.15) is 5.10 Å². The average Bonchev–Trinajstić information content (AvgIpc) is 3.26. The highest BCUT2D eigenvalue weighted by Crippen LogP contribution is 2.37. The second-order valence-electron chi connectivity index (χ2n) is 6.24. The lowest BCUT2D eigenvalue weighted by Gasteiger charge is -2.31. The molecule has 7 heteroatoms. The van der Waals surface area contributed by atoms with Crippen LogP contribution in [0, 0.1) is 0 Å². The number of hydrogen-bond donors (Lipinski definition) is 2. The number of carbonyl (C=O) groups excluding carboxylic acids is 1. The van der Waals surface area contributed by atoms with Gasteiger partial charge >= 0.3 is 6.03 Å². The van der Waals surface area contributed by atoms with Crippen molar-refractivity contribution in [1.29, 1.82) is 0 Å². The van der Waals surface area contributed by atoms with Crippen molar-refractivity contribution in [3.05, 3.63) is 40.7 Å². The van der Waals surface area contributed by atoms with E-state index in [1.807, 2.05) is 17.0 Å². The van der Waals surface area contributed by atoms with Gasteiger partial charge in [0.2, 0.25) is 0 Å². The minimum Gasteiger partial charge on any atom is -0.491 e. The SMILES string of the molecule is O=C(Nc1cc(Cl)cc2c1OCC2)N1CCC(c2ccn[nH]2)CC1. The molecule has 126 valence electrons. The highest BCUT2D eigenvalue weighted by molar-refractivity contribution is 6.31. The summed E-state index contributed by atoms with van der Waals surface area (Å²) in [5.41, 5.74) is 2.86. The number of piperidine rings is 1. The number of hydrogen-bond acceptors (Lipinski definition) is 3. The summed E-state index contributed by atoms with van der Waals surface area (Å²) >= 11 is 6.14. The molecular weight excluding hydrogens is 328 g/mol. The van der Waals surface area contributed by atoms with Crippen molar-refractivity contribution in [2.75, 3.05) is 25.0 Å². The van der Waals surface area contributed by atoms with Crippen LogP contribution in [-0.4, -0.2) is 40.8 Å². The van der Waals surface area contributed by atoms with E-state index in [0.29, 0.717) is 23.2 Å². The number of nitrogens with one attached hydrogen (secondary N) is 2. The van der Waals surface area contributed by atoms with Crippen LogP contribution in [0.5, 0.6) is 5.75 Å². The summed E-state index contributed by atoms with van der Waals surface area (Å²) in [5.74, 6) is 1.19. The Balaban J connectivity index is 1.41. The average molecular weight is 347 g/mol. The van der Waals surface area contributed by atoms with Gasteiger partial charge in [-0.15, -0.1) is 0 Å². The number of rotatable bonds is 2. The molecule has 0 saturated carbocycles. The van der Waals surface area contributed by atoms with Crippen LogP contribution >= 0.6 is 11.6 Å². The number of aromatic nitrogens is 2. The molecule has 1 saturated heterocycles. The fourth-order valence-electron chi connectivity index (χ4n) is 3.44. The first kappa shape index (κ1) is 15.3. The van der Waals surface area contributed by atoms with E-state index >= 15 is 0 Å². The third-order valence-electron chi connectivity index (χ3n) is 4.73. The maximum atomic E-state index is 12.6. The number of halogens is 1. The van der Waals surface area contributed by atoms with Gasteiger partial charge in [0.05, 0.1) is 12.3 Å². The van der Waals surface area contributed by atoms with E-state index in [-0.39, 0.29) is 6.03 Å². The van der Waals surface area contributed by atoms with Crippen LogP contribution in [0.3, 0.4) is 0 Å². The van der Waals surface area contributed by atoms with Crippen molar-refractivity contribution in [3.63, 3.8) is 0 Å². The van der Waals surface area contributed by atoms with E-state index in [4.69, 9.17) is 16.3 Å². The molecule has 0 radical (unpaired) electrons. The molecule has 2 aliphatic rings. The first-order chi connectivity index (χ1) is 11.7. The van der Waals surface area contributed by atoms with Crippen LogP contribution in [0.2, 0.25) is 5.02 Å². The lowest BCUT2D eigenvalue weighted by atomic mass is 9.94. The third-order valence-corrected chi connectivity index (χ3v) is 4.95. The van der Waals surface area contributed by atoms with Crippen LogP contribution in [-0.2, 0) is 6.42 Å². The van der Waals surface area contributed by atoms with Gasteiger partial charge in [0.25, 0.3) is 0 Å². The fourth-order valence-corrected chi connectivity index (χ4v) is 3.68. The summed E-state index contributed by atoms with van der Waals surface area (Å²) in [5, 5.41) is 10.6. The van der Waals surface area contributed by atoms with E-state index in [1.54, 1.807) is 12.3 Å². The molecule has 0 aliphatic carbocycles. The molecule has 2 aromatic rings. The molecular formula is C17H19ClN4O2. The molecule has 2 N–H and O–H groups in total. The predicted octanol–water partition coefficient (Wildman–Crippen LogP) is 3.41. The minimum absolute atomic E-state index is 0.0990. The summed E-state index contributed by atoms with van der Waals surface area (Å²) in [6, 6.07) is 5.56. The number of fused-ring (bicyclic) bond motifs is 1. The molecule has 0 atom stereocenters. The van der Waals surface area contributed by atoms with Crippen LogP contribution in [0.1, 0.15) is 30.0 Å². The van der Waals surface area contributed by atoms with E-state index in [9.17, 15) is 4.79 Å². The van der Waals surface area contributed by atoms with E-state index in [1.165, 1.54) is 0 Å². The number of H-pyrrole nitrogens is 1. The highest BCUT2D eigenvalue weighted by atomic mass is 35.5. The summed E-state index contributed by atoms with van der Waals surface area (Å²) in [7, 11) is 0. The van der Waals surface area contributed by atoms with Crippen molar-refractivity contribution in [2.24, 2.45) is 0 Å². The summed E-state index contributed by atoms with van der Waals surface area (Å²) in [6.07, 6.45) is 4.46. The Morgan fingerprint density at radius 2 is 2.21 bits per heavy atom. The Bertz CT molecular complexity index is 739. The molecule has 2 aliphatic heterocycles. The van der Waals surface area contributed by atoms with Gasteiger partial charge in [0.1, 0.15) is 5.75 Å². The summed E-state index contributed by atoms with van der Waals surface area (Å²) in [6.45, 7) is 2.08. The number of carbonyl (C=O) groups is 1. The number of aromatic amines is 1. The van der Waals surface area contributed by atoms with Crippen molar-refractivity contribution < 1.29 is 9.53 Å². The normalized spacial score (nSPS) is 17.5. The largest absolute Gasteiger partial charge is 0.491 e. The first-order valence-corrected chi connectivity index (χ1v) is 8.59. The van der Waals surface area contributed by atoms with Crippen LogP contribution in [0.15, 0.2) is 24.4 Å². The molecule has 24 heavy (non-hydrogen) atoms. The number of likely N-dealkylation sites (tertiary alicyclic amines) is 1. The van der Waals surface area contributed by atoms with E-state index in [0.717, 1.165) is 49.4 Å². The maximum Gasteiger partial charge on any atom is 0.321 e. The maximum absolute atomic E-state index is 12.6. The van der Waals surface area contributed by atoms with Gasteiger partial charge in [0.15, 0.2) is 0 Å². The third kappa shape index (κ3) is 2.94. The monoisotopic (exact) mass is 346 g/mol. The number of anilines is 1. The Labute approximate surface area is 145 Å². The lowest BCUT2D eigenvalue weighted by Crippen LogP contribution is -2.40. The van der Waals surface area contributed by atoms with Gasteiger partial charge in [-0.1, -0.05) is 11.6 Å². The van der Waals surface area contributed by atoms with Crippen molar-refractivity contribution in [1.82, 2.24) is 15.1 Å². The lowest BCUT2D eigenvalue weighted by molar-refractivity contribution is 0.194. The Hall–Kier alpha value is -2.21. The molecule has 4 rings (SSSR count). The van der Waals surface area contributed by atoms with Crippen molar-refractivity contribution >= 4 is 23.3 Å². The molecule has 0 unspecified atom stereocenters. The van der Waals surface area contributed by atoms with Gasteiger partial charge in [-0.25, -0.2) is 4.79 Å². The topological polar surface area (TPSA) is 70.2 Å². The molecule has 2 amide bonds. The van der Waals surface area contributed by atoms with E-state index < -0.39 is 0 Å². The fraction of sp³-hybridized carbons (Fsp3) is 0.412. The molecule has 0 bridgehead atoms.